The summed E-state index contributed by atoms with van der Waals surface area (Å²) in [6, 6.07) is 9.04. The minimum absolute atomic E-state index is 0.00458. The highest BCUT2D eigenvalue weighted by molar-refractivity contribution is 5.94. The molecule has 4 nitrogen and oxygen atoms in total. The van der Waals surface area contributed by atoms with Gasteiger partial charge in [0.25, 0.3) is 0 Å². The first kappa shape index (κ1) is 12.4. The first-order valence-electron chi connectivity index (χ1n) is 5.91. The second kappa shape index (κ2) is 5.04. The Labute approximate surface area is 105 Å². The lowest BCUT2D eigenvalue weighted by molar-refractivity contribution is 0.0688. The summed E-state index contributed by atoms with van der Waals surface area (Å²) in [5.74, 6) is -0.658. The average molecular weight is 245 g/mol. The number of carboxylic acid groups (broad SMARTS) is 1. The van der Waals surface area contributed by atoms with Crippen LogP contribution in [-0.2, 0) is 0 Å². The van der Waals surface area contributed by atoms with Gasteiger partial charge in [0.15, 0.2) is 5.69 Å². The standard InChI is InChI=1S/C14H15NO3/c1-3-9(2)18-13-11-7-5-4-6-10(11)8-12(15-13)14(16)17/h4-9H,3H2,1-2H3,(H,16,17). The summed E-state index contributed by atoms with van der Waals surface area (Å²) in [7, 11) is 0. The minimum atomic E-state index is -1.05. The maximum absolute atomic E-state index is 11.0. The fourth-order valence-corrected chi connectivity index (χ4v) is 1.64. The zero-order valence-corrected chi connectivity index (χ0v) is 10.4. The van der Waals surface area contributed by atoms with E-state index >= 15 is 0 Å². The van der Waals surface area contributed by atoms with Crippen molar-refractivity contribution in [3.63, 3.8) is 0 Å². The Morgan fingerprint density at radius 1 is 1.44 bits per heavy atom. The van der Waals surface area contributed by atoms with Gasteiger partial charge in [-0.2, -0.15) is 0 Å². The number of aromatic carboxylic acids is 1. The molecule has 0 aliphatic heterocycles. The fraction of sp³-hybridized carbons (Fsp3) is 0.286. The van der Waals surface area contributed by atoms with Crippen molar-refractivity contribution >= 4 is 16.7 Å². The molecule has 0 radical (unpaired) electrons. The van der Waals surface area contributed by atoms with E-state index in [4.69, 9.17) is 9.84 Å². The molecule has 18 heavy (non-hydrogen) atoms. The van der Waals surface area contributed by atoms with Gasteiger partial charge in [-0.15, -0.1) is 0 Å². The summed E-state index contributed by atoms with van der Waals surface area (Å²) in [5, 5.41) is 10.7. The predicted molar refractivity (Wildman–Crippen MR) is 69.1 cm³/mol. The average Bonchev–Trinajstić information content (AvgIpc) is 2.38. The van der Waals surface area contributed by atoms with Gasteiger partial charge in [-0.1, -0.05) is 25.1 Å². The molecule has 2 aromatic rings. The Hall–Kier alpha value is -2.10. The molecular weight excluding hydrogens is 230 g/mol. The number of benzene rings is 1. The molecule has 0 saturated heterocycles. The lowest BCUT2D eigenvalue weighted by Crippen LogP contribution is -2.12. The number of hydrogen-bond donors (Lipinski definition) is 1. The molecule has 0 fully saturated rings. The van der Waals surface area contributed by atoms with Gasteiger partial charge in [-0.3, -0.25) is 0 Å². The predicted octanol–water partition coefficient (Wildman–Crippen LogP) is 3.11. The largest absolute Gasteiger partial charge is 0.477 e. The van der Waals surface area contributed by atoms with Crippen LogP contribution in [0.15, 0.2) is 30.3 Å². The van der Waals surface area contributed by atoms with Crippen molar-refractivity contribution in [1.29, 1.82) is 0 Å². The molecule has 0 aliphatic rings. The molecule has 0 aliphatic carbocycles. The highest BCUT2D eigenvalue weighted by Crippen LogP contribution is 2.25. The number of nitrogens with zero attached hydrogens (tertiary/aromatic N) is 1. The van der Waals surface area contributed by atoms with E-state index in [2.05, 4.69) is 4.98 Å². The third kappa shape index (κ3) is 2.42. The normalized spacial score (nSPS) is 12.3. The van der Waals surface area contributed by atoms with Gasteiger partial charge >= 0.3 is 5.97 Å². The maximum atomic E-state index is 11.0. The SMILES string of the molecule is CCC(C)Oc1nc(C(=O)O)cc2ccccc12. The molecule has 1 unspecified atom stereocenters. The number of ether oxygens (including phenoxy) is 1. The topological polar surface area (TPSA) is 59.4 Å². The van der Waals surface area contributed by atoms with E-state index in [0.29, 0.717) is 5.88 Å². The van der Waals surface area contributed by atoms with Crippen molar-refractivity contribution in [2.75, 3.05) is 0 Å². The highest BCUT2D eigenvalue weighted by atomic mass is 16.5. The number of rotatable bonds is 4. The molecule has 0 amide bonds. The zero-order valence-electron chi connectivity index (χ0n) is 10.4. The number of fused-ring (bicyclic) bond motifs is 1. The van der Waals surface area contributed by atoms with Crippen LogP contribution in [0.5, 0.6) is 5.88 Å². The fourth-order valence-electron chi connectivity index (χ4n) is 1.64. The molecule has 1 atom stereocenters. The van der Waals surface area contributed by atoms with E-state index in [1.165, 1.54) is 0 Å². The van der Waals surface area contributed by atoms with E-state index in [0.717, 1.165) is 17.2 Å². The van der Waals surface area contributed by atoms with Gasteiger partial charge in [0.05, 0.1) is 6.10 Å². The molecular formula is C14H15NO3. The Morgan fingerprint density at radius 3 is 2.83 bits per heavy atom. The Balaban J connectivity index is 2.57. The third-order valence-corrected chi connectivity index (χ3v) is 2.81. The molecule has 1 aromatic carbocycles. The second-order valence-electron chi connectivity index (χ2n) is 4.18. The van der Waals surface area contributed by atoms with Crippen molar-refractivity contribution in [2.45, 2.75) is 26.4 Å². The Morgan fingerprint density at radius 2 is 2.17 bits per heavy atom. The first-order valence-corrected chi connectivity index (χ1v) is 5.91. The van der Waals surface area contributed by atoms with Crippen molar-refractivity contribution in [1.82, 2.24) is 4.98 Å². The summed E-state index contributed by atoms with van der Waals surface area (Å²) < 4.78 is 5.69. The second-order valence-corrected chi connectivity index (χ2v) is 4.18. The maximum Gasteiger partial charge on any atom is 0.354 e. The molecule has 1 aromatic heterocycles. The quantitative estimate of drug-likeness (QED) is 0.899. The van der Waals surface area contributed by atoms with Crippen LogP contribution in [0.1, 0.15) is 30.8 Å². The number of hydrogen-bond acceptors (Lipinski definition) is 3. The van der Waals surface area contributed by atoms with Crippen molar-refractivity contribution in [2.24, 2.45) is 0 Å². The molecule has 2 rings (SSSR count). The van der Waals surface area contributed by atoms with E-state index in [1.54, 1.807) is 6.07 Å². The summed E-state index contributed by atoms with van der Waals surface area (Å²) in [4.78, 5) is 15.1. The number of carboxylic acids is 1. The van der Waals surface area contributed by atoms with Gasteiger partial charge in [-0.05, 0) is 30.9 Å². The smallest absolute Gasteiger partial charge is 0.354 e. The summed E-state index contributed by atoms with van der Waals surface area (Å²) in [5.41, 5.74) is 0.00648. The molecule has 0 saturated carbocycles. The van der Waals surface area contributed by atoms with Crippen molar-refractivity contribution < 1.29 is 14.6 Å². The molecule has 0 spiro atoms. The van der Waals surface area contributed by atoms with Gasteiger partial charge in [-0.25, -0.2) is 9.78 Å². The first-order chi connectivity index (χ1) is 8.61. The number of pyridine rings is 1. The lowest BCUT2D eigenvalue weighted by Gasteiger charge is -2.14. The lowest BCUT2D eigenvalue weighted by atomic mass is 10.1. The summed E-state index contributed by atoms with van der Waals surface area (Å²) in [6.07, 6.45) is 0.845. The van der Waals surface area contributed by atoms with E-state index < -0.39 is 5.97 Å². The summed E-state index contributed by atoms with van der Waals surface area (Å²) >= 11 is 0. The Kier molecular flexibility index (Phi) is 3.46. The minimum Gasteiger partial charge on any atom is -0.477 e. The molecule has 1 N–H and O–H groups in total. The van der Waals surface area contributed by atoms with Crippen LogP contribution < -0.4 is 4.74 Å². The molecule has 0 bridgehead atoms. The van der Waals surface area contributed by atoms with Crippen LogP contribution >= 0.6 is 0 Å². The van der Waals surface area contributed by atoms with Gasteiger partial charge < -0.3 is 9.84 Å². The number of carbonyl (C=O) groups is 1. The van der Waals surface area contributed by atoms with Crippen LogP contribution in [0.3, 0.4) is 0 Å². The molecule has 4 heteroatoms. The van der Waals surface area contributed by atoms with Crippen LogP contribution in [0.4, 0.5) is 0 Å². The van der Waals surface area contributed by atoms with Crippen LogP contribution in [0, 0.1) is 0 Å². The molecule has 94 valence electrons. The third-order valence-electron chi connectivity index (χ3n) is 2.81. The van der Waals surface area contributed by atoms with Crippen molar-refractivity contribution in [3.05, 3.63) is 36.0 Å². The van der Waals surface area contributed by atoms with E-state index in [-0.39, 0.29) is 11.8 Å². The monoisotopic (exact) mass is 245 g/mol. The summed E-state index contributed by atoms with van der Waals surface area (Å²) in [6.45, 7) is 3.94. The van der Waals surface area contributed by atoms with Gasteiger partial charge in [0, 0.05) is 5.39 Å². The van der Waals surface area contributed by atoms with E-state index in [1.807, 2.05) is 38.1 Å². The zero-order chi connectivity index (χ0) is 13.1. The Bertz CT molecular complexity index is 580. The molecule has 1 heterocycles. The van der Waals surface area contributed by atoms with Crippen LogP contribution in [0.2, 0.25) is 0 Å². The highest BCUT2D eigenvalue weighted by Gasteiger charge is 2.13. The van der Waals surface area contributed by atoms with Gasteiger partial charge in [0.1, 0.15) is 0 Å². The van der Waals surface area contributed by atoms with Crippen LogP contribution in [-0.4, -0.2) is 22.2 Å². The van der Waals surface area contributed by atoms with E-state index in [9.17, 15) is 4.79 Å². The number of aromatic nitrogens is 1. The van der Waals surface area contributed by atoms with Gasteiger partial charge in [0.2, 0.25) is 5.88 Å². The van der Waals surface area contributed by atoms with Crippen molar-refractivity contribution in [3.8, 4) is 5.88 Å². The van der Waals surface area contributed by atoms with Crippen LogP contribution in [0.25, 0.3) is 10.8 Å².